The van der Waals surface area contributed by atoms with Crippen molar-refractivity contribution in [1.82, 2.24) is 4.98 Å². The first-order valence-corrected chi connectivity index (χ1v) is 6.25. The minimum absolute atomic E-state index is 0.576. The molecule has 1 heterocycles. The predicted octanol–water partition coefficient (Wildman–Crippen LogP) is 4.86. The number of rotatable bonds is 1. The van der Waals surface area contributed by atoms with E-state index in [1.165, 1.54) is 0 Å². The van der Waals surface area contributed by atoms with Crippen LogP contribution in [-0.2, 0) is 0 Å². The van der Waals surface area contributed by atoms with Gasteiger partial charge in [-0.05, 0) is 17.9 Å². The van der Waals surface area contributed by atoms with E-state index in [1.807, 2.05) is 37.3 Å². The molecule has 2 heteroatoms. The lowest BCUT2D eigenvalue weighted by molar-refractivity contribution is 1.31. The lowest BCUT2D eigenvalue weighted by atomic mass is 10.0. The van der Waals surface area contributed by atoms with E-state index in [1.54, 1.807) is 0 Å². The molecule has 0 aliphatic heterocycles. The Morgan fingerprint density at radius 3 is 2.17 bits per heavy atom. The van der Waals surface area contributed by atoms with Crippen molar-refractivity contribution in [1.29, 1.82) is 0 Å². The molecule has 1 aromatic heterocycles. The maximum atomic E-state index is 6.23. The Morgan fingerprint density at radius 2 is 1.44 bits per heavy atom. The fourth-order valence-corrected chi connectivity index (χ4v) is 2.37. The smallest absolute Gasteiger partial charge is 0.133 e. The van der Waals surface area contributed by atoms with Gasteiger partial charge in [0, 0.05) is 10.9 Å². The number of aromatic nitrogens is 1. The van der Waals surface area contributed by atoms with Crippen molar-refractivity contribution < 1.29 is 0 Å². The summed E-state index contributed by atoms with van der Waals surface area (Å²) in [5, 5.41) is 2.88. The van der Waals surface area contributed by atoms with Crippen molar-refractivity contribution >= 4 is 22.4 Å². The highest BCUT2D eigenvalue weighted by atomic mass is 35.5. The second-order valence-corrected chi connectivity index (χ2v) is 4.65. The van der Waals surface area contributed by atoms with Crippen LogP contribution in [0.2, 0.25) is 5.15 Å². The number of nitrogens with zero attached hydrogens (tertiary/aromatic N) is 1. The average molecular weight is 254 g/mol. The van der Waals surface area contributed by atoms with E-state index in [2.05, 4.69) is 29.2 Å². The Labute approximate surface area is 111 Å². The lowest BCUT2D eigenvalue weighted by Crippen LogP contribution is -1.91. The molecular weight excluding hydrogens is 242 g/mol. The SMILES string of the molecule is Cc1c(Cl)nc(-c2ccccc2)c2ccccc12. The number of fused-ring (bicyclic) bond motifs is 1. The van der Waals surface area contributed by atoms with E-state index in [9.17, 15) is 0 Å². The summed E-state index contributed by atoms with van der Waals surface area (Å²) in [5.74, 6) is 0. The summed E-state index contributed by atoms with van der Waals surface area (Å²) < 4.78 is 0. The van der Waals surface area contributed by atoms with Crippen molar-refractivity contribution in [3.63, 3.8) is 0 Å². The van der Waals surface area contributed by atoms with Crippen LogP contribution in [0.3, 0.4) is 0 Å². The molecule has 0 spiro atoms. The molecule has 3 aromatic rings. The van der Waals surface area contributed by atoms with Crippen LogP contribution in [0.4, 0.5) is 0 Å². The fourth-order valence-electron chi connectivity index (χ4n) is 2.19. The van der Waals surface area contributed by atoms with Crippen molar-refractivity contribution in [3.8, 4) is 11.3 Å². The van der Waals surface area contributed by atoms with Gasteiger partial charge in [-0.15, -0.1) is 0 Å². The normalized spacial score (nSPS) is 10.8. The largest absolute Gasteiger partial charge is 0.235 e. The van der Waals surface area contributed by atoms with Crippen molar-refractivity contribution in [2.24, 2.45) is 0 Å². The van der Waals surface area contributed by atoms with Crippen molar-refractivity contribution in [2.45, 2.75) is 6.92 Å². The van der Waals surface area contributed by atoms with Gasteiger partial charge in [0.15, 0.2) is 0 Å². The topological polar surface area (TPSA) is 12.9 Å². The third-order valence-corrected chi connectivity index (χ3v) is 3.52. The van der Waals surface area contributed by atoms with Gasteiger partial charge in [0.05, 0.1) is 5.69 Å². The number of hydrogen-bond donors (Lipinski definition) is 0. The number of aryl methyl sites for hydroxylation is 1. The Bertz CT molecular complexity index is 705. The average Bonchev–Trinajstić information content (AvgIpc) is 2.44. The molecule has 2 aromatic carbocycles. The van der Waals surface area contributed by atoms with E-state index in [-0.39, 0.29) is 0 Å². The fraction of sp³-hybridized carbons (Fsp3) is 0.0625. The van der Waals surface area contributed by atoms with Crippen LogP contribution >= 0.6 is 11.6 Å². The molecule has 0 amide bonds. The van der Waals surface area contributed by atoms with Crippen molar-refractivity contribution in [2.75, 3.05) is 0 Å². The zero-order valence-corrected chi connectivity index (χ0v) is 10.8. The first-order valence-electron chi connectivity index (χ1n) is 5.87. The molecule has 1 nitrogen and oxygen atoms in total. The molecule has 0 fully saturated rings. The molecule has 0 N–H and O–H groups in total. The van der Waals surface area contributed by atoms with Gasteiger partial charge in [0.25, 0.3) is 0 Å². The van der Waals surface area contributed by atoms with Crippen LogP contribution in [-0.4, -0.2) is 4.98 Å². The summed E-state index contributed by atoms with van der Waals surface area (Å²) >= 11 is 6.23. The van der Waals surface area contributed by atoms with Crippen LogP contribution in [0.25, 0.3) is 22.0 Å². The highest BCUT2D eigenvalue weighted by Gasteiger charge is 2.10. The Morgan fingerprint density at radius 1 is 0.833 bits per heavy atom. The second-order valence-electron chi connectivity index (χ2n) is 4.29. The van der Waals surface area contributed by atoms with Gasteiger partial charge in [-0.1, -0.05) is 66.2 Å². The third kappa shape index (κ3) is 1.77. The third-order valence-electron chi connectivity index (χ3n) is 3.15. The first kappa shape index (κ1) is 11.2. The molecule has 0 bridgehead atoms. The first-order chi connectivity index (χ1) is 8.77. The van der Waals surface area contributed by atoms with E-state index >= 15 is 0 Å². The van der Waals surface area contributed by atoms with E-state index in [0.717, 1.165) is 27.6 Å². The van der Waals surface area contributed by atoms with Crippen molar-refractivity contribution in [3.05, 3.63) is 65.3 Å². The van der Waals surface area contributed by atoms with Gasteiger partial charge in [-0.2, -0.15) is 0 Å². The van der Waals surface area contributed by atoms with Gasteiger partial charge in [0.1, 0.15) is 5.15 Å². The summed E-state index contributed by atoms with van der Waals surface area (Å²) in [6, 6.07) is 18.4. The zero-order chi connectivity index (χ0) is 12.5. The number of benzene rings is 2. The Balaban J connectivity index is 2.40. The minimum Gasteiger partial charge on any atom is -0.235 e. The van der Waals surface area contributed by atoms with Crippen LogP contribution in [0.1, 0.15) is 5.56 Å². The Hall–Kier alpha value is -1.86. The molecule has 0 atom stereocenters. The molecular formula is C16H12ClN. The molecule has 0 saturated heterocycles. The zero-order valence-electron chi connectivity index (χ0n) is 10.0. The Kier molecular flexibility index (Phi) is 2.77. The van der Waals surface area contributed by atoms with Crippen LogP contribution in [0.5, 0.6) is 0 Å². The highest BCUT2D eigenvalue weighted by Crippen LogP contribution is 2.31. The monoisotopic (exact) mass is 253 g/mol. The summed E-state index contributed by atoms with van der Waals surface area (Å²) in [7, 11) is 0. The van der Waals surface area contributed by atoms with E-state index in [0.29, 0.717) is 5.15 Å². The maximum absolute atomic E-state index is 6.23. The van der Waals surface area contributed by atoms with Crippen LogP contribution in [0.15, 0.2) is 54.6 Å². The molecule has 3 rings (SSSR count). The predicted molar refractivity (Wildman–Crippen MR) is 76.9 cm³/mol. The molecule has 0 radical (unpaired) electrons. The van der Waals surface area contributed by atoms with E-state index < -0.39 is 0 Å². The molecule has 88 valence electrons. The molecule has 0 unspecified atom stereocenters. The van der Waals surface area contributed by atoms with Gasteiger partial charge >= 0.3 is 0 Å². The molecule has 0 aliphatic carbocycles. The summed E-state index contributed by atoms with van der Waals surface area (Å²) in [4.78, 5) is 4.54. The highest BCUT2D eigenvalue weighted by molar-refractivity contribution is 6.31. The summed E-state index contributed by atoms with van der Waals surface area (Å²) in [5.41, 5.74) is 3.07. The van der Waals surface area contributed by atoms with Gasteiger partial charge in [-0.25, -0.2) is 4.98 Å². The number of pyridine rings is 1. The second kappa shape index (κ2) is 4.43. The summed E-state index contributed by atoms with van der Waals surface area (Å²) in [6.45, 7) is 2.01. The molecule has 0 aliphatic rings. The number of halogens is 1. The molecule has 18 heavy (non-hydrogen) atoms. The van der Waals surface area contributed by atoms with Crippen LogP contribution in [0, 0.1) is 6.92 Å². The van der Waals surface area contributed by atoms with Gasteiger partial charge < -0.3 is 0 Å². The number of hydrogen-bond acceptors (Lipinski definition) is 1. The quantitative estimate of drug-likeness (QED) is 0.564. The standard InChI is InChI=1S/C16H12ClN/c1-11-13-9-5-6-10-14(13)15(18-16(11)17)12-7-3-2-4-8-12/h2-10H,1H3. The maximum Gasteiger partial charge on any atom is 0.133 e. The lowest BCUT2D eigenvalue weighted by Gasteiger charge is -2.10. The molecule has 0 saturated carbocycles. The van der Waals surface area contributed by atoms with E-state index in [4.69, 9.17) is 11.6 Å². The van der Waals surface area contributed by atoms with Crippen LogP contribution < -0.4 is 0 Å². The van der Waals surface area contributed by atoms with Gasteiger partial charge in [-0.3, -0.25) is 0 Å². The van der Waals surface area contributed by atoms with Gasteiger partial charge in [0.2, 0.25) is 0 Å². The summed E-state index contributed by atoms with van der Waals surface area (Å²) in [6.07, 6.45) is 0. The minimum atomic E-state index is 0.576.